The molecule has 0 unspecified atom stereocenters. The van der Waals surface area contributed by atoms with Crippen molar-refractivity contribution in [3.05, 3.63) is 54.2 Å². The second-order valence-corrected chi connectivity index (χ2v) is 5.68. The van der Waals surface area contributed by atoms with Crippen LogP contribution in [0.4, 0.5) is 11.4 Å². The zero-order valence-corrected chi connectivity index (χ0v) is 15.6. The molecule has 3 rings (SSSR count). The van der Waals surface area contributed by atoms with E-state index in [2.05, 4.69) is 10.3 Å². The lowest BCUT2D eigenvalue weighted by Gasteiger charge is -2.17. The van der Waals surface area contributed by atoms with Crippen molar-refractivity contribution in [1.29, 1.82) is 0 Å². The number of rotatable bonds is 7. The zero-order chi connectivity index (χ0) is 19.2. The van der Waals surface area contributed by atoms with Crippen LogP contribution in [0.1, 0.15) is 24.2 Å². The van der Waals surface area contributed by atoms with Gasteiger partial charge in [-0.15, -0.1) is 0 Å². The van der Waals surface area contributed by atoms with E-state index in [1.807, 2.05) is 49.4 Å². The molecule has 2 aromatic carbocycles. The summed E-state index contributed by atoms with van der Waals surface area (Å²) in [6.07, 6.45) is 1.51. The molecule has 140 valence electrons. The molecule has 0 amide bonds. The Labute approximate surface area is 158 Å². The average Bonchev–Trinajstić information content (AvgIpc) is 2.69. The lowest BCUT2D eigenvalue weighted by Crippen LogP contribution is -2.10. The van der Waals surface area contributed by atoms with Crippen molar-refractivity contribution >= 4 is 28.2 Å². The van der Waals surface area contributed by atoms with Crippen LogP contribution in [0.5, 0.6) is 11.5 Å². The quantitative estimate of drug-likeness (QED) is 0.618. The number of ether oxygens (including phenoxy) is 3. The number of carbonyl (C=O) groups is 1. The van der Waals surface area contributed by atoms with Gasteiger partial charge in [-0.25, -0.2) is 4.79 Å². The van der Waals surface area contributed by atoms with Crippen molar-refractivity contribution in [1.82, 2.24) is 4.98 Å². The number of nitrogens with one attached hydrogen (secondary N) is 1. The van der Waals surface area contributed by atoms with Crippen LogP contribution in [0.25, 0.3) is 10.9 Å². The summed E-state index contributed by atoms with van der Waals surface area (Å²) >= 11 is 0. The van der Waals surface area contributed by atoms with E-state index >= 15 is 0 Å². The van der Waals surface area contributed by atoms with Crippen LogP contribution in [0.2, 0.25) is 0 Å². The maximum Gasteiger partial charge on any atom is 0.341 e. The molecule has 0 bridgehead atoms. The number of esters is 1. The van der Waals surface area contributed by atoms with Crippen molar-refractivity contribution in [2.45, 2.75) is 13.8 Å². The van der Waals surface area contributed by atoms with E-state index < -0.39 is 5.97 Å². The van der Waals surface area contributed by atoms with Gasteiger partial charge in [0, 0.05) is 11.6 Å². The minimum atomic E-state index is -0.439. The van der Waals surface area contributed by atoms with Gasteiger partial charge in [0.2, 0.25) is 0 Å². The van der Waals surface area contributed by atoms with E-state index in [0.29, 0.717) is 34.9 Å². The zero-order valence-electron chi connectivity index (χ0n) is 15.6. The lowest BCUT2D eigenvalue weighted by molar-refractivity contribution is 0.0527. The third kappa shape index (κ3) is 3.79. The van der Waals surface area contributed by atoms with Crippen LogP contribution in [0.15, 0.2) is 48.7 Å². The summed E-state index contributed by atoms with van der Waals surface area (Å²) in [5, 5.41) is 4.09. The van der Waals surface area contributed by atoms with Crippen molar-refractivity contribution in [2.24, 2.45) is 0 Å². The third-order valence-corrected chi connectivity index (χ3v) is 4.02. The van der Waals surface area contributed by atoms with Crippen LogP contribution in [0, 0.1) is 0 Å². The second kappa shape index (κ2) is 8.40. The summed E-state index contributed by atoms with van der Waals surface area (Å²) in [7, 11) is 1.59. The van der Waals surface area contributed by atoms with Gasteiger partial charge in [-0.05, 0) is 32.0 Å². The van der Waals surface area contributed by atoms with E-state index in [9.17, 15) is 4.79 Å². The smallest absolute Gasteiger partial charge is 0.341 e. The van der Waals surface area contributed by atoms with Gasteiger partial charge in [0.1, 0.15) is 22.6 Å². The minimum Gasteiger partial charge on any atom is -0.494 e. The third-order valence-electron chi connectivity index (χ3n) is 4.02. The predicted molar refractivity (Wildman–Crippen MR) is 105 cm³/mol. The number of para-hydroxylation sites is 3. The Bertz CT molecular complexity index is 956. The summed E-state index contributed by atoms with van der Waals surface area (Å²) in [6, 6.07) is 13.1. The maximum atomic E-state index is 12.5. The molecule has 0 radical (unpaired) electrons. The van der Waals surface area contributed by atoms with Crippen LogP contribution in [0.3, 0.4) is 0 Å². The second-order valence-electron chi connectivity index (χ2n) is 5.68. The fraction of sp³-hybridized carbons (Fsp3) is 0.238. The molecule has 6 nitrogen and oxygen atoms in total. The SMILES string of the molecule is CCOC(=O)c1cnc2c(OC)cccc2c1Nc1ccccc1OCC. The summed E-state index contributed by atoms with van der Waals surface area (Å²) in [4.78, 5) is 16.9. The number of anilines is 2. The normalized spacial score (nSPS) is 10.5. The van der Waals surface area contributed by atoms with Crippen molar-refractivity contribution < 1.29 is 19.0 Å². The summed E-state index contributed by atoms with van der Waals surface area (Å²) in [6.45, 7) is 4.51. The van der Waals surface area contributed by atoms with Crippen molar-refractivity contribution in [3.8, 4) is 11.5 Å². The fourth-order valence-corrected chi connectivity index (χ4v) is 2.84. The van der Waals surface area contributed by atoms with Crippen LogP contribution in [-0.4, -0.2) is 31.3 Å². The van der Waals surface area contributed by atoms with Gasteiger partial charge >= 0.3 is 5.97 Å². The molecule has 0 saturated carbocycles. The first-order chi connectivity index (χ1) is 13.2. The number of hydrogen-bond donors (Lipinski definition) is 1. The fourth-order valence-electron chi connectivity index (χ4n) is 2.84. The molecular formula is C21H22N2O4. The topological polar surface area (TPSA) is 69.7 Å². The summed E-state index contributed by atoms with van der Waals surface area (Å²) in [5.41, 5.74) is 2.36. The first-order valence-electron chi connectivity index (χ1n) is 8.81. The Hall–Kier alpha value is -3.28. The molecule has 0 fully saturated rings. The Morgan fingerprint density at radius 3 is 2.56 bits per heavy atom. The van der Waals surface area contributed by atoms with Gasteiger partial charge < -0.3 is 19.5 Å². The Balaban J connectivity index is 2.19. The number of aromatic nitrogens is 1. The average molecular weight is 366 g/mol. The van der Waals surface area contributed by atoms with Gasteiger partial charge in [-0.1, -0.05) is 24.3 Å². The van der Waals surface area contributed by atoms with Gasteiger partial charge in [0.25, 0.3) is 0 Å². The first kappa shape index (κ1) is 18.5. The molecule has 0 saturated heterocycles. The molecule has 1 aromatic heterocycles. The largest absolute Gasteiger partial charge is 0.494 e. The molecular weight excluding hydrogens is 344 g/mol. The molecule has 0 aliphatic carbocycles. The van der Waals surface area contributed by atoms with E-state index in [1.54, 1.807) is 14.0 Å². The number of hydrogen-bond acceptors (Lipinski definition) is 6. The summed E-state index contributed by atoms with van der Waals surface area (Å²) < 4.78 is 16.3. The number of nitrogens with zero attached hydrogens (tertiary/aromatic N) is 1. The highest BCUT2D eigenvalue weighted by Gasteiger charge is 2.19. The monoisotopic (exact) mass is 366 g/mol. The van der Waals surface area contributed by atoms with Crippen LogP contribution < -0.4 is 14.8 Å². The highest BCUT2D eigenvalue weighted by molar-refractivity contribution is 6.07. The van der Waals surface area contributed by atoms with Gasteiger partial charge in [-0.3, -0.25) is 4.98 Å². The molecule has 6 heteroatoms. The summed E-state index contributed by atoms with van der Waals surface area (Å²) in [5.74, 6) is 0.887. The first-order valence-corrected chi connectivity index (χ1v) is 8.81. The molecule has 27 heavy (non-hydrogen) atoms. The highest BCUT2D eigenvalue weighted by Crippen LogP contribution is 2.36. The Morgan fingerprint density at radius 2 is 1.81 bits per heavy atom. The molecule has 3 aromatic rings. The van der Waals surface area contributed by atoms with Crippen molar-refractivity contribution in [3.63, 3.8) is 0 Å². The molecule has 1 N–H and O–H groups in total. The van der Waals surface area contributed by atoms with Crippen LogP contribution in [-0.2, 0) is 4.74 Å². The Kier molecular flexibility index (Phi) is 5.76. The molecule has 0 aliphatic heterocycles. The molecule has 0 aliphatic rings. The lowest BCUT2D eigenvalue weighted by atomic mass is 10.1. The number of fused-ring (bicyclic) bond motifs is 1. The van der Waals surface area contributed by atoms with E-state index in [0.717, 1.165) is 11.1 Å². The van der Waals surface area contributed by atoms with Gasteiger partial charge in [0.05, 0.1) is 31.7 Å². The van der Waals surface area contributed by atoms with Gasteiger partial charge in [-0.2, -0.15) is 0 Å². The Morgan fingerprint density at radius 1 is 1.04 bits per heavy atom. The van der Waals surface area contributed by atoms with E-state index in [-0.39, 0.29) is 6.61 Å². The van der Waals surface area contributed by atoms with E-state index in [1.165, 1.54) is 6.20 Å². The highest BCUT2D eigenvalue weighted by atomic mass is 16.5. The van der Waals surface area contributed by atoms with E-state index in [4.69, 9.17) is 14.2 Å². The number of benzene rings is 2. The molecule has 1 heterocycles. The number of pyridine rings is 1. The number of carbonyl (C=O) groups excluding carboxylic acids is 1. The van der Waals surface area contributed by atoms with Gasteiger partial charge in [0.15, 0.2) is 0 Å². The molecule has 0 atom stereocenters. The van der Waals surface area contributed by atoms with Crippen LogP contribution >= 0.6 is 0 Å². The predicted octanol–water partition coefficient (Wildman–Crippen LogP) is 4.56. The van der Waals surface area contributed by atoms with Crippen molar-refractivity contribution in [2.75, 3.05) is 25.6 Å². The number of methoxy groups -OCH3 is 1. The standard InChI is InChI=1S/C21H22N2O4/c1-4-26-17-11-7-6-10-16(17)23-19-14-9-8-12-18(25-3)20(14)22-13-15(19)21(24)27-5-2/h6-13H,4-5H2,1-3H3,(H,22,23). The molecule has 0 spiro atoms. The minimum absolute atomic E-state index is 0.282. The maximum absolute atomic E-state index is 12.5.